The van der Waals surface area contributed by atoms with Crippen LogP contribution in [0, 0.1) is 0 Å². The van der Waals surface area contributed by atoms with Crippen LogP contribution in [0.25, 0.3) is 0 Å². The molecule has 2 saturated heterocycles. The molecule has 128 valence electrons. The zero-order valence-electron chi connectivity index (χ0n) is 13.4. The quantitative estimate of drug-likeness (QED) is 0.820. The van der Waals surface area contributed by atoms with E-state index in [0.717, 1.165) is 45.1 Å². The van der Waals surface area contributed by atoms with Crippen molar-refractivity contribution in [3.8, 4) is 0 Å². The minimum Gasteiger partial charge on any atom is -0.355 e. The normalized spacial score (nSPS) is 24.5. The fourth-order valence-electron chi connectivity index (χ4n) is 3.69. The monoisotopic (exact) mass is 327 g/mol. The number of anilines is 1. The summed E-state index contributed by atoms with van der Waals surface area (Å²) in [6.45, 7) is 3.82. The highest BCUT2D eigenvalue weighted by Gasteiger charge is 2.32. The molecule has 1 atom stereocenters. The molecule has 0 aliphatic carbocycles. The maximum Gasteiger partial charge on any atom is 0.416 e. The second kappa shape index (κ2) is 7.07. The number of nitrogens with zero attached hydrogens (tertiary/aromatic N) is 3. The lowest BCUT2D eigenvalue weighted by atomic mass is 10.0. The summed E-state index contributed by atoms with van der Waals surface area (Å²) in [5, 5.41) is 0. The molecule has 2 fully saturated rings. The van der Waals surface area contributed by atoms with Gasteiger partial charge in [0.15, 0.2) is 0 Å². The van der Waals surface area contributed by atoms with Crippen molar-refractivity contribution in [3.05, 3.63) is 23.9 Å². The van der Waals surface area contributed by atoms with Crippen LogP contribution in [0.15, 0.2) is 18.3 Å². The number of halogens is 3. The van der Waals surface area contributed by atoms with Crippen molar-refractivity contribution >= 4 is 5.82 Å². The highest BCUT2D eigenvalue weighted by molar-refractivity contribution is 5.42. The van der Waals surface area contributed by atoms with Crippen LogP contribution in [-0.2, 0) is 6.18 Å². The van der Waals surface area contributed by atoms with E-state index in [-0.39, 0.29) is 0 Å². The van der Waals surface area contributed by atoms with Gasteiger partial charge < -0.3 is 4.90 Å². The minimum atomic E-state index is -4.31. The van der Waals surface area contributed by atoms with Gasteiger partial charge in [-0.05, 0) is 50.9 Å². The molecule has 23 heavy (non-hydrogen) atoms. The Bertz CT molecular complexity index is 510. The first-order valence-corrected chi connectivity index (χ1v) is 8.56. The van der Waals surface area contributed by atoms with Gasteiger partial charge in [0.1, 0.15) is 5.82 Å². The van der Waals surface area contributed by atoms with E-state index >= 15 is 0 Å². The Morgan fingerprint density at radius 1 is 1.00 bits per heavy atom. The molecule has 1 aromatic heterocycles. The van der Waals surface area contributed by atoms with E-state index in [0.29, 0.717) is 11.9 Å². The molecular weight excluding hydrogens is 303 g/mol. The van der Waals surface area contributed by atoms with Crippen molar-refractivity contribution in [1.29, 1.82) is 0 Å². The zero-order valence-corrected chi connectivity index (χ0v) is 13.4. The molecule has 2 aliphatic heterocycles. The summed E-state index contributed by atoms with van der Waals surface area (Å²) in [5.74, 6) is 0.458. The van der Waals surface area contributed by atoms with Gasteiger partial charge in [-0.25, -0.2) is 4.98 Å². The topological polar surface area (TPSA) is 19.4 Å². The summed E-state index contributed by atoms with van der Waals surface area (Å²) in [4.78, 5) is 8.74. The van der Waals surface area contributed by atoms with Crippen LogP contribution in [0.1, 0.15) is 44.1 Å². The van der Waals surface area contributed by atoms with Crippen LogP contribution in [0.5, 0.6) is 0 Å². The third-order valence-electron chi connectivity index (χ3n) is 4.95. The zero-order chi connectivity index (χ0) is 16.3. The lowest BCUT2D eigenvalue weighted by Crippen LogP contribution is -2.48. The molecule has 0 saturated carbocycles. The van der Waals surface area contributed by atoms with Crippen molar-refractivity contribution < 1.29 is 13.2 Å². The molecule has 3 nitrogen and oxygen atoms in total. The van der Waals surface area contributed by atoms with Crippen LogP contribution in [-0.4, -0.2) is 42.1 Å². The second-order valence-electron chi connectivity index (χ2n) is 6.59. The lowest BCUT2D eigenvalue weighted by Gasteiger charge is -2.39. The lowest BCUT2D eigenvalue weighted by molar-refractivity contribution is -0.137. The van der Waals surface area contributed by atoms with Gasteiger partial charge in [0.05, 0.1) is 5.56 Å². The first-order chi connectivity index (χ1) is 11.0. The Morgan fingerprint density at radius 3 is 2.43 bits per heavy atom. The highest BCUT2D eigenvalue weighted by Crippen LogP contribution is 2.31. The molecule has 0 N–H and O–H groups in total. The fourth-order valence-corrected chi connectivity index (χ4v) is 3.69. The third-order valence-corrected chi connectivity index (χ3v) is 4.95. The standard InChI is InChI=1S/C17H24F3N3/c18-17(19,20)14-7-8-21-16(12-14)23-11-5-6-15(13-23)22-9-3-1-2-4-10-22/h7-8,12,15H,1-6,9-11,13H2. The summed E-state index contributed by atoms with van der Waals surface area (Å²) < 4.78 is 38.7. The number of rotatable bonds is 2. The van der Waals surface area contributed by atoms with E-state index < -0.39 is 11.7 Å². The highest BCUT2D eigenvalue weighted by atomic mass is 19.4. The van der Waals surface area contributed by atoms with Crippen LogP contribution in [0.2, 0.25) is 0 Å². The van der Waals surface area contributed by atoms with Crippen molar-refractivity contribution in [3.63, 3.8) is 0 Å². The van der Waals surface area contributed by atoms with E-state index in [1.807, 2.05) is 4.90 Å². The van der Waals surface area contributed by atoms with Crippen molar-refractivity contribution in [2.24, 2.45) is 0 Å². The maximum atomic E-state index is 12.9. The summed E-state index contributed by atoms with van der Waals surface area (Å²) in [7, 11) is 0. The van der Waals surface area contributed by atoms with Gasteiger partial charge in [0, 0.05) is 25.3 Å². The summed E-state index contributed by atoms with van der Waals surface area (Å²) >= 11 is 0. The van der Waals surface area contributed by atoms with E-state index in [2.05, 4.69) is 9.88 Å². The van der Waals surface area contributed by atoms with Crippen LogP contribution in [0.3, 0.4) is 0 Å². The molecule has 0 radical (unpaired) electrons. The molecular formula is C17H24F3N3. The molecule has 0 amide bonds. The largest absolute Gasteiger partial charge is 0.416 e. The first-order valence-electron chi connectivity index (χ1n) is 8.56. The summed E-state index contributed by atoms with van der Waals surface area (Å²) in [6.07, 6.45) is 4.17. The van der Waals surface area contributed by atoms with Gasteiger partial charge in [0.2, 0.25) is 0 Å². The van der Waals surface area contributed by atoms with Crippen molar-refractivity contribution in [1.82, 2.24) is 9.88 Å². The Balaban J connectivity index is 1.70. The molecule has 3 rings (SSSR count). The number of aromatic nitrogens is 1. The van der Waals surface area contributed by atoms with E-state index in [4.69, 9.17) is 0 Å². The smallest absolute Gasteiger partial charge is 0.355 e. The second-order valence-corrected chi connectivity index (χ2v) is 6.59. The van der Waals surface area contributed by atoms with E-state index in [1.54, 1.807) is 0 Å². The Hall–Kier alpha value is -1.30. The van der Waals surface area contributed by atoms with Crippen LogP contribution < -0.4 is 4.90 Å². The molecule has 1 aromatic rings. The Morgan fingerprint density at radius 2 is 1.74 bits per heavy atom. The third kappa shape index (κ3) is 4.16. The Kier molecular flexibility index (Phi) is 5.09. The molecule has 3 heterocycles. The van der Waals surface area contributed by atoms with Gasteiger partial charge in [-0.1, -0.05) is 12.8 Å². The van der Waals surface area contributed by atoms with Gasteiger partial charge in [-0.2, -0.15) is 13.2 Å². The number of piperidine rings is 1. The number of hydrogen-bond acceptors (Lipinski definition) is 3. The number of pyridine rings is 1. The first kappa shape index (κ1) is 16.6. The fraction of sp³-hybridized carbons (Fsp3) is 0.706. The average molecular weight is 327 g/mol. The van der Waals surface area contributed by atoms with Crippen LogP contribution >= 0.6 is 0 Å². The van der Waals surface area contributed by atoms with Gasteiger partial charge in [-0.3, -0.25) is 4.90 Å². The van der Waals surface area contributed by atoms with Crippen molar-refractivity contribution in [2.75, 3.05) is 31.1 Å². The number of hydrogen-bond donors (Lipinski definition) is 0. The molecule has 2 aliphatic rings. The van der Waals surface area contributed by atoms with Gasteiger partial charge >= 0.3 is 6.18 Å². The van der Waals surface area contributed by atoms with E-state index in [9.17, 15) is 13.2 Å². The maximum absolute atomic E-state index is 12.9. The minimum absolute atomic E-state index is 0.443. The average Bonchev–Trinajstić information content (AvgIpc) is 2.84. The van der Waals surface area contributed by atoms with Gasteiger partial charge in [-0.15, -0.1) is 0 Å². The number of alkyl halides is 3. The predicted molar refractivity (Wildman–Crippen MR) is 84.5 cm³/mol. The summed E-state index contributed by atoms with van der Waals surface area (Å²) in [6, 6.07) is 2.67. The molecule has 6 heteroatoms. The number of likely N-dealkylation sites (tertiary alicyclic amines) is 1. The molecule has 0 aromatic carbocycles. The van der Waals surface area contributed by atoms with Crippen LogP contribution in [0.4, 0.5) is 19.0 Å². The van der Waals surface area contributed by atoms with Gasteiger partial charge in [0.25, 0.3) is 0 Å². The Labute approximate surface area is 135 Å². The molecule has 0 spiro atoms. The predicted octanol–water partition coefficient (Wildman–Crippen LogP) is 3.95. The molecule has 1 unspecified atom stereocenters. The molecule has 0 bridgehead atoms. The van der Waals surface area contributed by atoms with Crippen molar-refractivity contribution in [2.45, 2.75) is 50.7 Å². The summed E-state index contributed by atoms with van der Waals surface area (Å²) in [5.41, 5.74) is -0.612. The SMILES string of the molecule is FC(F)(F)c1ccnc(N2CCCC(N3CCCCCC3)C2)c1. The van der Waals surface area contributed by atoms with E-state index in [1.165, 1.54) is 37.9 Å².